The van der Waals surface area contributed by atoms with Crippen LogP contribution in [0.4, 0.5) is 0 Å². The summed E-state index contributed by atoms with van der Waals surface area (Å²) >= 11 is 0. The van der Waals surface area contributed by atoms with Gasteiger partial charge in [-0.1, -0.05) is 6.92 Å². The average molecular weight is 197 g/mol. The summed E-state index contributed by atoms with van der Waals surface area (Å²) in [6.07, 6.45) is 2.36. The van der Waals surface area contributed by atoms with E-state index in [-0.39, 0.29) is 0 Å². The Bertz CT molecular complexity index is 283. The van der Waals surface area contributed by atoms with Crippen LogP contribution in [0.25, 0.3) is 0 Å². The Balaban J connectivity index is 2.52. The lowest BCUT2D eigenvalue weighted by Crippen LogP contribution is -2.22. The third-order valence-electron chi connectivity index (χ3n) is 2.40. The highest BCUT2D eigenvalue weighted by molar-refractivity contribution is 5.18. The van der Waals surface area contributed by atoms with Gasteiger partial charge in [0.2, 0.25) is 0 Å². The molecule has 1 heterocycles. The molecule has 0 aliphatic carbocycles. The molecule has 2 N–H and O–H groups in total. The maximum absolute atomic E-state index is 9.83. The van der Waals surface area contributed by atoms with Gasteiger partial charge in [0.05, 0.1) is 12.3 Å². The number of hydrogen-bond acceptors (Lipinski definition) is 3. The molecule has 4 nitrogen and oxygen atoms in total. The van der Waals surface area contributed by atoms with E-state index in [1.165, 1.54) is 0 Å². The summed E-state index contributed by atoms with van der Waals surface area (Å²) < 4.78 is 1.78. The van der Waals surface area contributed by atoms with E-state index < -0.39 is 6.10 Å². The van der Waals surface area contributed by atoms with E-state index in [2.05, 4.69) is 17.3 Å². The minimum Gasteiger partial charge on any atom is -0.387 e. The number of hydrogen-bond donors (Lipinski definition) is 2. The SMILES string of the molecule is CCCNCC(O)c1cnn(C)c1C. The van der Waals surface area contributed by atoms with Crippen molar-refractivity contribution in [1.29, 1.82) is 0 Å². The van der Waals surface area contributed by atoms with Crippen molar-refractivity contribution >= 4 is 0 Å². The van der Waals surface area contributed by atoms with Gasteiger partial charge in [-0.25, -0.2) is 0 Å². The van der Waals surface area contributed by atoms with E-state index in [1.807, 2.05) is 14.0 Å². The van der Waals surface area contributed by atoms with E-state index in [4.69, 9.17) is 0 Å². The second-order valence-electron chi connectivity index (χ2n) is 3.53. The highest BCUT2D eigenvalue weighted by Gasteiger charge is 2.12. The highest BCUT2D eigenvalue weighted by Crippen LogP contribution is 2.15. The zero-order valence-electron chi connectivity index (χ0n) is 9.12. The molecule has 0 spiro atoms. The van der Waals surface area contributed by atoms with Crippen LogP contribution in [0.1, 0.15) is 30.7 Å². The maximum atomic E-state index is 9.83. The number of aliphatic hydroxyl groups excluding tert-OH is 1. The van der Waals surface area contributed by atoms with Gasteiger partial charge < -0.3 is 10.4 Å². The normalized spacial score (nSPS) is 13.1. The fourth-order valence-corrected chi connectivity index (χ4v) is 1.37. The Kier molecular flexibility index (Phi) is 4.10. The third-order valence-corrected chi connectivity index (χ3v) is 2.40. The first kappa shape index (κ1) is 11.2. The predicted molar refractivity (Wildman–Crippen MR) is 56.1 cm³/mol. The molecule has 0 saturated heterocycles. The Labute approximate surface area is 84.9 Å². The van der Waals surface area contributed by atoms with Crippen molar-refractivity contribution in [3.63, 3.8) is 0 Å². The summed E-state index contributed by atoms with van der Waals surface area (Å²) in [5, 5.41) is 17.1. The lowest BCUT2D eigenvalue weighted by Gasteiger charge is -2.10. The molecule has 0 bridgehead atoms. The topological polar surface area (TPSA) is 50.1 Å². The third kappa shape index (κ3) is 2.56. The molecule has 4 heteroatoms. The van der Waals surface area contributed by atoms with Crippen LogP contribution in [0, 0.1) is 6.92 Å². The van der Waals surface area contributed by atoms with Gasteiger partial charge in [0, 0.05) is 24.8 Å². The van der Waals surface area contributed by atoms with Crippen molar-refractivity contribution in [3.05, 3.63) is 17.5 Å². The molecule has 14 heavy (non-hydrogen) atoms. The largest absolute Gasteiger partial charge is 0.387 e. The number of aliphatic hydroxyl groups is 1. The molecule has 0 radical (unpaired) electrons. The second-order valence-corrected chi connectivity index (χ2v) is 3.53. The quantitative estimate of drug-likeness (QED) is 0.685. The zero-order valence-corrected chi connectivity index (χ0v) is 9.12. The van der Waals surface area contributed by atoms with Crippen molar-refractivity contribution in [2.45, 2.75) is 26.4 Å². The Hall–Kier alpha value is -0.870. The van der Waals surface area contributed by atoms with Crippen LogP contribution < -0.4 is 5.32 Å². The lowest BCUT2D eigenvalue weighted by atomic mass is 10.1. The van der Waals surface area contributed by atoms with Crippen LogP contribution in [0.2, 0.25) is 0 Å². The highest BCUT2D eigenvalue weighted by atomic mass is 16.3. The molecular formula is C10H19N3O. The van der Waals surface area contributed by atoms with Crippen molar-refractivity contribution in [2.24, 2.45) is 7.05 Å². The zero-order chi connectivity index (χ0) is 10.6. The average Bonchev–Trinajstić information content (AvgIpc) is 2.48. The molecule has 0 amide bonds. The smallest absolute Gasteiger partial charge is 0.0947 e. The van der Waals surface area contributed by atoms with E-state index in [0.717, 1.165) is 24.2 Å². The van der Waals surface area contributed by atoms with Gasteiger partial charge in [0.1, 0.15) is 0 Å². The van der Waals surface area contributed by atoms with Crippen LogP contribution in [0.15, 0.2) is 6.20 Å². The predicted octanol–water partition coefficient (Wildman–Crippen LogP) is 0.762. The monoisotopic (exact) mass is 197 g/mol. The first-order chi connectivity index (χ1) is 6.66. The minimum absolute atomic E-state index is 0.449. The molecule has 0 aromatic carbocycles. The Morgan fingerprint density at radius 2 is 2.36 bits per heavy atom. The molecule has 1 aromatic rings. The summed E-state index contributed by atoms with van der Waals surface area (Å²) in [6.45, 7) is 5.61. The number of rotatable bonds is 5. The standard InChI is InChI=1S/C10H19N3O/c1-4-5-11-7-10(14)9-6-12-13(3)8(9)2/h6,10-11,14H,4-5,7H2,1-3H3. The number of aryl methyl sites for hydroxylation is 1. The Morgan fingerprint density at radius 1 is 1.64 bits per heavy atom. The fraction of sp³-hybridized carbons (Fsp3) is 0.700. The van der Waals surface area contributed by atoms with Gasteiger partial charge in [0.25, 0.3) is 0 Å². The second kappa shape index (κ2) is 5.12. The van der Waals surface area contributed by atoms with Crippen LogP contribution in [0.5, 0.6) is 0 Å². The first-order valence-electron chi connectivity index (χ1n) is 5.04. The van der Waals surface area contributed by atoms with Gasteiger partial charge >= 0.3 is 0 Å². The lowest BCUT2D eigenvalue weighted by molar-refractivity contribution is 0.174. The minimum atomic E-state index is -0.449. The van der Waals surface area contributed by atoms with Crippen LogP contribution >= 0.6 is 0 Å². The van der Waals surface area contributed by atoms with Gasteiger partial charge in [-0.2, -0.15) is 5.10 Å². The molecule has 1 rings (SSSR count). The van der Waals surface area contributed by atoms with E-state index >= 15 is 0 Å². The maximum Gasteiger partial charge on any atom is 0.0947 e. The van der Waals surface area contributed by atoms with Crippen molar-refractivity contribution in [1.82, 2.24) is 15.1 Å². The molecule has 0 saturated carbocycles. The molecule has 0 aliphatic rings. The van der Waals surface area contributed by atoms with Crippen molar-refractivity contribution in [3.8, 4) is 0 Å². The van der Waals surface area contributed by atoms with Crippen LogP contribution in [-0.2, 0) is 7.05 Å². The summed E-state index contributed by atoms with van der Waals surface area (Å²) in [5.74, 6) is 0. The molecule has 0 fully saturated rings. The molecule has 1 aromatic heterocycles. The molecule has 1 atom stereocenters. The summed E-state index contributed by atoms with van der Waals surface area (Å²) in [6, 6.07) is 0. The first-order valence-corrected chi connectivity index (χ1v) is 5.04. The molecule has 0 aliphatic heterocycles. The van der Waals surface area contributed by atoms with E-state index in [9.17, 15) is 5.11 Å². The number of nitrogens with one attached hydrogen (secondary N) is 1. The Morgan fingerprint density at radius 3 is 2.86 bits per heavy atom. The summed E-state index contributed by atoms with van der Waals surface area (Å²) in [4.78, 5) is 0. The van der Waals surface area contributed by atoms with Crippen molar-refractivity contribution < 1.29 is 5.11 Å². The van der Waals surface area contributed by atoms with E-state index in [0.29, 0.717) is 6.54 Å². The van der Waals surface area contributed by atoms with Gasteiger partial charge in [0.15, 0.2) is 0 Å². The molecule has 80 valence electrons. The van der Waals surface area contributed by atoms with Gasteiger partial charge in [-0.05, 0) is 19.9 Å². The molecule has 1 unspecified atom stereocenters. The number of nitrogens with zero attached hydrogens (tertiary/aromatic N) is 2. The van der Waals surface area contributed by atoms with Crippen LogP contribution in [-0.4, -0.2) is 28.0 Å². The van der Waals surface area contributed by atoms with Gasteiger partial charge in [-0.15, -0.1) is 0 Å². The molecular weight excluding hydrogens is 178 g/mol. The van der Waals surface area contributed by atoms with Gasteiger partial charge in [-0.3, -0.25) is 4.68 Å². The van der Waals surface area contributed by atoms with Crippen LogP contribution in [0.3, 0.4) is 0 Å². The van der Waals surface area contributed by atoms with E-state index in [1.54, 1.807) is 10.9 Å². The summed E-state index contributed by atoms with van der Waals surface area (Å²) in [5.41, 5.74) is 1.94. The van der Waals surface area contributed by atoms with Crippen molar-refractivity contribution in [2.75, 3.05) is 13.1 Å². The fourth-order valence-electron chi connectivity index (χ4n) is 1.37. The summed E-state index contributed by atoms with van der Waals surface area (Å²) in [7, 11) is 1.88. The number of aromatic nitrogens is 2.